The van der Waals surface area contributed by atoms with Crippen LogP contribution < -0.4 is 20.1 Å². The summed E-state index contributed by atoms with van der Waals surface area (Å²) in [6, 6.07) is 17.9. The van der Waals surface area contributed by atoms with Crippen LogP contribution in [0.3, 0.4) is 0 Å². The molecule has 0 radical (unpaired) electrons. The summed E-state index contributed by atoms with van der Waals surface area (Å²) in [7, 11) is 1.58. The van der Waals surface area contributed by atoms with Gasteiger partial charge in [-0.25, -0.2) is 9.48 Å². The van der Waals surface area contributed by atoms with E-state index < -0.39 is 0 Å². The van der Waals surface area contributed by atoms with Gasteiger partial charge in [-0.05, 0) is 54.4 Å². The number of carbonyl (C=O) groups is 1. The van der Waals surface area contributed by atoms with E-state index in [-0.39, 0.29) is 12.0 Å². The smallest absolute Gasteiger partial charge is 0.336 e. The summed E-state index contributed by atoms with van der Waals surface area (Å²) in [4.78, 5) is 16.8. The van der Waals surface area contributed by atoms with Gasteiger partial charge < -0.3 is 24.5 Å². The topological polar surface area (TPSA) is 103 Å². The molecule has 0 saturated carbocycles. The highest BCUT2D eigenvalue weighted by atomic mass is 16.5. The van der Waals surface area contributed by atoms with E-state index in [4.69, 9.17) is 13.9 Å². The summed E-state index contributed by atoms with van der Waals surface area (Å²) in [6.07, 6.45) is 1.58. The number of urea groups is 1. The first kappa shape index (κ1) is 21.9. The molecule has 4 aromatic rings. The fourth-order valence-electron chi connectivity index (χ4n) is 3.02. The number of rotatable bonds is 8. The van der Waals surface area contributed by atoms with Crippen LogP contribution in [0.1, 0.15) is 13.8 Å². The van der Waals surface area contributed by atoms with Crippen molar-refractivity contribution in [1.29, 1.82) is 0 Å². The van der Waals surface area contributed by atoms with Crippen molar-refractivity contribution in [2.45, 2.75) is 13.8 Å². The molecule has 0 aliphatic rings. The molecule has 0 aliphatic heterocycles. The van der Waals surface area contributed by atoms with E-state index in [1.54, 1.807) is 54.5 Å². The van der Waals surface area contributed by atoms with Crippen LogP contribution in [0.15, 0.2) is 71.3 Å². The average Bonchev–Trinajstić information content (AvgIpc) is 3.48. The van der Waals surface area contributed by atoms with Crippen molar-refractivity contribution < 1.29 is 18.7 Å². The zero-order valence-electron chi connectivity index (χ0n) is 18.6. The van der Waals surface area contributed by atoms with Gasteiger partial charge in [-0.2, -0.15) is 4.98 Å². The highest BCUT2D eigenvalue weighted by Crippen LogP contribution is 2.25. The number of carbonyl (C=O) groups excluding carboxylic acids is 1. The highest BCUT2D eigenvalue weighted by Gasteiger charge is 2.17. The van der Waals surface area contributed by atoms with Crippen LogP contribution in [0.25, 0.3) is 17.3 Å². The number of hydrogen-bond acceptors (Lipinski definition) is 6. The molecule has 2 aromatic heterocycles. The van der Waals surface area contributed by atoms with Gasteiger partial charge in [0.05, 0.1) is 25.7 Å². The number of aromatic nitrogens is 3. The van der Waals surface area contributed by atoms with Gasteiger partial charge in [0.2, 0.25) is 5.82 Å². The van der Waals surface area contributed by atoms with Crippen LogP contribution in [0.4, 0.5) is 16.2 Å². The summed E-state index contributed by atoms with van der Waals surface area (Å²) in [5.41, 5.74) is 1.99. The fraction of sp³-hybridized carbons (Fsp3) is 0.208. The predicted molar refractivity (Wildman–Crippen MR) is 125 cm³/mol. The van der Waals surface area contributed by atoms with Crippen molar-refractivity contribution in [2.24, 2.45) is 5.92 Å². The van der Waals surface area contributed by atoms with Crippen LogP contribution in [-0.4, -0.2) is 34.5 Å². The zero-order valence-corrected chi connectivity index (χ0v) is 18.6. The number of hydrogen-bond donors (Lipinski definition) is 2. The first-order valence-corrected chi connectivity index (χ1v) is 10.5. The molecule has 33 heavy (non-hydrogen) atoms. The molecule has 9 nitrogen and oxygen atoms in total. The molecule has 2 aromatic carbocycles. The van der Waals surface area contributed by atoms with Crippen LogP contribution in [0, 0.1) is 5.92 Å². The average molecular weight is 447 g/mol. The van der Waals surface area contributed by atoms with Gasteiger partial charge in [0.1, 0.15) is 5.75 Å². The predicted octanol–water partition coefficient (Wildman–Crippen LogP) is 5.21. The third kappa shape index (κ3) is 5.51. The number of nitrogens with zero attached hydrogens (tertiary/aromatic N) is 3. The zero-order chi connectivity index (χ0) is 23.2. The highest BCUT2D eigenvalue weighted by molar-refractivity contribution is 5.99. The Bertz CT molecular complexity index is 1200. The maximum Gasteiger partial charge on any atom is 0.336 e. The number of methoxy groups -OCH3 is 1. The van der Waals surface area contributed by atoms with E-state index >= 15 is 0 Å². The van der Waals surface area contributed by atoms with Gasteiger partial charge in [0, 0.05) is 17.4 Å². The van der Waals surface area contributed by atoms with Crippen LogP contribution in [-0.2, 0) is 0 Å². The minimum atomic E-state index is -0.364. The summed E-state index contributed by atoms with van der Waals surface area (Å²) in [5, 5.41) is 10.1. The van der Waals surface area contributed by atoms with Crippen molar-refractivity contribution in [1.82, 2.24) is 14.8 Å². The normalized spacial score (nSPS) is 10.8. The molecule has 4 rings (SSSR count). The van der Waals surface area contributed by atoms with Gasteiger partial charge in [-0.15, -0.1) is 5.10 Å². The molecule has 0 fully saturated rings. The Morgan fingerprint density at radius 3 is 2.55 bits per heavy atom. The van der Waals surface area contributed by atoms with Crippen molar-refractivity contribution in [3.8, 4) is 29.0 Å². The lowest BCUT2D eigenvalue weighted by Gasteiger charge is -2.10. The second-order valence-corrected chi connectivity index (χ2v) is 7.67. The molecule has 2 N–H and O–H groups in total. The van der Waals surface area contributed by atoms with Gasteiger partial charge in [0.15, 0.2) is 5.76 Å². The van der Waals surface area contributed by atoms with E-state index in [1.807, 2.05) is 24.3 Å². The van der Waals surface area contributed by atoms with Gasteiger partial charge in [0.25, 0.3) is 0 Å². The Balaban J connectivity index is 1.49. The Labute approximate surface area is 191 Å². The molecular formula is C24H25N5O4. The first-order valence-electron chi connectivity index (χ1n) is 10.5. The summed E-state index contributed by atoms with van der Waals surface area (Å²) < 4.78 is 18.0. The Kier molecular flexibility index (Phi) is 6.58. The molecular weight excluding hydrogens is 422 g/mol. The monoisotopic (exact) mass is 447 g/mol. The molecule has 0 saturated heterocycles. The van der Waals surface area contributed by atoms with Gasteiger partial charge in [-0.3, -0.25) is 0 Å². The molecule has 2 heterocycles. The third-order valence-corrected chi connectivity index (χ3v) is 4.57. The van der Waals surface area contributed by atoms with E-state index in [1.165, 1.54) is 0 Å². The third-order valence-electron chi connectivity index (χ3n) is 4.57. The second-order valence-electron chi connectivity index (χ2n) is 7.67. The second kappa shape index (κ2) is 9.90. The van der Waals surface area contributed by atoms with Crippen molar-refractivity contribution in [3.63, 3.8) is 0 Å². The molecule has 2 amide bonds. The first-order chi connectivity index (χ1) is 16.0. The molecule has 0 unspecified atom stereocenters. The van der Waals surface area contributed by atoms with E-state index in [2.05, 4.69) is 34.6 Å². The fourth-order valence-corrected chi connectivity index (χ4v) is 3.02. The number of ether oxygens (including phenoxy) is 2. The summed E-state index contributed by atoms with van der Waals surface area (Å²) in [6.45, 7) is 4.62. The number of anilines is 2. The number of amides is 2. The maximum absolute atomic E-state index is 12.4. The van der Waals surface area contributed by atoms with Crippen LogP contribution in [0.2, 0.25) is 0 Å². The van der Waals surface area contributed by atoms with E-state index in [0.29, 0.717) is 41.2 Å². The minimum Gasteiger partial charge on any atom is -0.497 e. The standard InChI is InChI=1S/C24H25N5O4/c1-16(2)15-33-24-27-22(21-8-5-13-32-21)29(28-24)19-11-9-17(10-12-19)25-23(30)26-18-6-4-7-20(14-18)31-3/h4-14,16H,15H2,1-3H3,(H2,25,26,30). The van der Waals surface area contributed by atoms with E-state index in [9.17, 15) is 4.79 Å². The lowest BCUT2D eigenvalue weighted by molar-refractivity contribution is 0.251. The molecule has 170 valence electrons. The van der Waals surface area contributed by atoms with E-state index in [0.717, 1.165) is 5.69 Å². The molecule has 0 bridgehead atoms. The summed E-state index contributed by atoms with van der Waals surface area (Å²) >= 11 is 0. The SMILES string of the molecule is COc1cccc(NC(=O)Nc2ccc(-n3nc(OCC(C)C)nc3-c3ccco3)cc2)c1. The largest absolute Gasteiger partial charge is 0.497 e. The molecule has 9 heteroatoms. The van der Waals surface area contributed by atoms with Crippen LogP contribution >= 0.6 is 0 Å². The Morgan fingerprint density at radius 1 is 1.06 bits per heavy atom. The van der Waals surface area contributed by atoms with Gasteiger partial charge in [-0.1, -0.05) is 19.9 Å². The van der Waals surface area contributed by atoms with Crippen LogP contribution in [0.5, 0.6) is 11.8 Å². The van der Waals surface area contributed by atoms with Crippen molar-refractivity contribution >= 4 is 17.4 Å². The summed E-state index contributed by atoms with van der Waals surface area (Å²) in [5.74, 6) is 2.10. The molecule has 0 aliphatic carbocycles. The Hall–Kier alpha value is -4.27. The number of nitrogens with one attached hydrogen (secondary N) is 2. The molecule has 0 atom stereocenters. The number of benzene rings is 2. The lowest BCUT2D eigenvalue weighted by atomic mass is 10.2. The minimum absolute atomic E-state index is 0.273. The van der Waals surface area contributed by atoms with Gasteiger partial charge >= 0.3 is 12.0 Å². The Morgan fingerprint density at radius 2 is 1.85 bits per heavy atom. The van der Waals surface area contributed by atoms with Crippen molar-refractivity contribution in [2.75, 3.05) is 24.4 Å². The molecule has 0 spiro atoms. The maximum atomic E-state index is 12.4. The number of furan rings is 1. The quantitative estimate of drug-likeness (QED) is 0.384. The lowest BCUT2D eigenvalue weighted by Crippen LogP contribution is -2.19. The van der Waals surface area contributed by atoms with Crippen molar-refractivity contribution in [3.05, 3.63) is 66.9 Å².